The Hall–Kier alpha value is -1.53. The number of nitrogens with one attached hydrogen (secondary N) is 2. The quantitative estimate of drug-likeness (QED) is 0.300. The first-order valence-corrected chi connectivity index (χ1v) is 9.91. The van der Waals surface area contributed by atoms with Gasteiger partial charge in [0.1, 0.15) is 5.76 Å². The van der Waals surface area contributed by atoms with Gasteiger partial charge in [-0.25, -0.2) is 0 Å². The third-order valence-electron chi connectivity index (χ3n) is 4.01. The predicted octanol–water partition coefficient (Wildman–Crippen LogP) is 3.24. The molecule has 0 spiro atoms. The van der Waals surface area contributed by atoms with Crippen LogP contribution in [0.3, 0.4) is 0 Å². The second-order valence-corrected chi connectivity index (χ2v) is 6.49. The number of hydrogen-bond acceptors (Lipinski definition) is 4. The molecule has 0 saturated heterocycles. The van der Waals surface area contributed by atoms with Gasteiger partial charge in [-0.05, 0) is 44.7 Å². The van der Waals surface area contributed by atoms with E-state index in [9.17, 15) is 0 Å². The average molecular weight is 368 g/mol. The van der Waals surface area contributed by atoms with Crippen molar-refractivity contribution in [2.24, 2.45) is 10.9 Å². The van der Waals surface area contributed by atoms with E-state index < -0.39 is 0 Å². The molecule has 6 heteroatoms. The van der Waals surface area contributed by atoms with Crippen LogP contribution in [-0.4, -0.2) is 51.5 Å². The lowest BCUT2D eigenvalue weighted by Gasteiger charge is -2.21. The van der Waals surface area contributed by atoms with Crippen molar-refractivity contribution in [2.75, 3.05) is 39.5 Å². The highest BCUT2D eigenvalue weighted by atomic mass is 16.5. The van der Waals surface area contributed by atoms with Crippen LogP contribution in [0, 0.1) is 5.92 Å². The number of hydrogen-bond donors (Lipinski definition) is 2. The van der Waals surface area contributed by atoms with Crippen LogP contribution in [0.4, 0.5) is 0 Å². The normalized spacial score (nSPS) is 13.2. The van der Waals surface area contributed by atoms with Crippen LogP contribution in [0.25, 0.3) is 0 Å². The fourth-order valence-corrected chi connectivity index (χ4v) is 2.59. The first-order valence-electron chi connectivity index (χ1n) is 9.91. The maximum atomic E-state index is 5.81. The third-order valence-corrected chi connectivity index (χ3v) is 4.01. The number of nitrogens with zero attached hydrogens (tertiary/aromatic N) is 1. The van der Waals surface area contributed by atoms with Gasteiger partial charge in [-0.15, -0.1) is 0 Å². The van der Waals surface area contributed by atoms with Gasteiger partial charge in [0.15, 0.2) is 5.96 Å². The number of furan rings is 1. The molecule has 0 aliphatic carbocycles. The lowest BCUT2D eigenvalue weighted by atomic mass is 10.0. The molecule has 150 valence electrons. The Morgan fingerprint density at radius 3 is 2.65 bits per heavy atom. The van der Waals surface area contributed by atoms with Crippen molar-refractivity contribution < 1.29 is 13.9 Å². The molecule has 0 aromatic carbocycles. The Morgan fingerprint density at radius 1 is 1.19 bits per heavy atom. The maximum absolute atomic E-state index is 5.81. The molecule has 6 nitrogen and oxygen atoms in total. The van der Waals surface area contributed by atoms with Crippen molar-refractivity contribution in [3.8, 4) is 0 Å². The minimum atomic E-state index is 0.273. The summed E-state index contributed by atoms with van der Waals surface area (Å²) in [6.07, 6.45) is 4.70. The largest absolute Gasteiger partial charge is 0.469 e. The molecular formula is C20H37N3O3. The number of rotatable bonds is 14. The van der Waals surface area contributed by atoms with Crippen molar-refractivity contribution >= 4 is 5.96 Å². The molecule has 1 unspecified atom stereocenters. The van der Waals surface area contributed by atoms with Crippen molar-refractivity contribution in [1.29, 1.82) is 0 Å². The summed E-state index contributed by atoms with van der Waals surface area (Å²) in [6.45, 7) is 13.1. The Kier molecular flexibility index (Phi) is 12.7. The fourth-order valence-electron chi connectivity index (χ4n) is 2.59. The molecule has 1 rings (SSSR count). The van der Waals surface area contributed by atoms with Gasteiger partial charge in [0, 0.05) is 45.9 Å². The second-order valence-electron chi connectivity index (χ2n) is 6.49. The Morgan fingerprint density at radius 2 is 2.00 bits per heavy atom. The van der Waals surface area contributed by atoms with Gasteiger partial charge in [-0.3, -0.25) is 4.99 Å². The van der Waals surface area contributed by atoms with Gasteiger partial charge in [-0.1, -0.05) is 13.8 Å². The zero-order valence-electron chi connectivity index (χ0n) is 16.9. The van der Waals surface area contributed by atoms with Gasteiger partial charge < -0.3 is 24.5 Å². The summed E-state index contributed by atoms with van der Waals surface area (Å²) in [5.74, 6) is 2.33. The van der Waals surface area contributed by atoms with Crippen LogP contribution in [0.5, 0.6) is 0 Å². The van der Waals surface area contributed by atoms with Crippen molar-refractivity contribution in [2.45, 2.75) is 53.1 Å². The number of aliphatic imine (C=N–C) groups is 1. The van der Waals surface area contributed by atoms with Crippen LogP contribution in [0.15, 0.2) is 27.8 Å². The highest BCUT2D eigenvalue weighted by molar-refractivity contribution is 5.79. The molecule has 2 N–H and O–H groups in total. The molecule has 0 bridgehead atoms. The van der Waals surface area contributed by atoms with E-state index >= 15 is 0 Å². The summed E-state index contributed by atoms with van der Waals surface area (Å²) >= 11 is 0. The molecule has 26 heavy (non-hydrogen) atoms. The average Bonchev–Trinajstić information content (AvgIpc) is 3.13. The highest BCUT2D eigenvalue weighted by Gasteiger charge is 2.13. The lowest BCUT2D eigenvalue weighted by molar-refractivity contribution is 0.0258. The fraction of sp³-hybridized carbons (Fsp3) is 0.750. The molecule has 1 aromatic rings. The van der Waals surface area contributed by atoms with Crippen LogP contribution in [0.1, 0.15) is 46.3 Å². The lowest BCUT2D eigenvalue weighted by Crippen LogP contribution is -2.40. The molecule has 1 heterocycles. The third kappa shape index (κ3) is 10.5. The second kappa shape index (κ2) is 14.6. The highest BCUT2D eigenvalue weighted by Crippen LogP contribution is 2.09. The SMILES string of the molecule is CCOCCCN=C(NCCc1ccco1)NCCC(OCC)C(C)C. The topological polar surface area (TPSA) is 68.0 Å². The molecule has 0 amide bonds. The Balaban J connectivity index is 2.40. The van der Waals surface area contributed by atoms with E-state index in [0.29, 0.717) is 5.92 Å². The van der Waals surface area contributed by atoms with Gasteiger partial charge >= 0.3 is 0 Å². The minimum Gasteiger partial charge on any atom is -0.469 e. The standard InChI is InChI=1S/C20H37N3O3/c1-5-24-15-8-12-21-20(22-13-10-18-9-7-16-26-18)23-14-11-19(17(3)4)25-6-2/h7,9,16-17,19H,5-6,8,10-15H2,1-4H3,(H2,21,22,23). The van der Waals surface area contributed by atoms with Crippen LogP contribution in [-0.2, 0) is 15.9 Å². The molecule has 0 fully saturated rings. The molecule has 0 radical (unpaired) electrons. The van der Waals surface area contributed by atoms with E-state index in [1.807, 2.05) is 26.0 Å². The van der Waals surface area contributed by atoms with E-state index in [1.165, 1.54) is 0 Å². The van der Waals surface area contributed by atoms with E-state index in [-0.39, 0.29) is 6.10 Å². The molecule has 0 aliphatic heterocycles. The smallest absolute Gasteiger partial charge is 0.191 e. The van der Waals surface area contributed by atoms with Crippen LogP contribution >= 0.6 is 0 Å². The number of ether oxygens (including phenoxy) is 2. The molecule has 0 saturated carbocycles. The maximum Gasteiger partial charge on any atom is 0.191 e. The minimum absolute atomic E-state index is 0.273. The summed E-state index contributed by atoms with van der Waals surface area (Å²) in [5.41, 5.74) is 0. The van der Waals surface area contributed by atoms with Gasteiger partial charge in [0.05, 0.1) is 12.4 Å². The van der Waals surface area contributed by atoms with Crippen LogP contribution in [0.2, 0.25) is 0 Å². The van der Waals surface area contributed by atoms with Crippen molar-refractivity contribution in [1.82, 2.24) is 10.6 Å². The van der Waals surface area contributed by atoms with Gasteiger partial charge in [0.2, 0.25) is 0 Å². The predicted molar refractivity (Wildman–Crippen MR) is 107 cm³/mol. The van der Waals surface area contributed by atoms with Crippen LogP contribution < -0.4 is 10.6 Å². The zero-order chi connectivity index (χ0) is 19.0. The van der Waals surface area contributed by atoms with Crippen molar-refractivity contribution in [3.63, 3.8) is 0 Å². The molecule has 1 atom stereocenters. The molecule has 0 aliphatic rings. The summed E-state index contributed by atoms with van der Waals surface area (Å²) in [7, 11) is 0. The van der Waals surface area contributed by atoms with Gasteiger partial charge in [0.25, 0.3) is 0 Å². The molecular weight excluding hydrogens is 330 g/mol. The van der Waals surface area contributed by atoms with Gasteiger partial charge in [-0.2, -0.15) is 0 Å². The van der Waals surface area contributed by atoms with E-state index in [0.717, 1.165) is 70.4 Å². The molecule has 1 aromatic heterocycles. The van der Waals surface area contributed by atoms with Crippen molar-refractivity contribution in [3.05, 3.63) is 24.2 Å². The summed E-state index contributed by atoms with van der Waals surface area (Å²) in [4.78, 5) is 4.65. The van der Waals surface area contributed by atoms with E-state index in [4.69, 9.17) is 13.9 Å². The summed E-state index contributed by atoms with van der Waals surface area (Å²) < 4.78 is 16.6. The van der Waals surface area contributed by atoms with E-state index in [2.05, 4.69) is 29.5 Å². The summed E-state index contributed by atoms with van der Waals surface area (Å²) in [5, 5.41) is 6.80. The number of guanidine groups is 1. The van der Waals surface area contributed by atoms with E-state index in [1.54, 1.807) is 6.26 Å². The Bertz CT molecular complexity index is 461. The monoisotopic (exact) mass is 367 g/mol. The summed E-state index contributed by atoms with van der Waals surface area (Å²) in [6, 6.07) is 3.90. The Labute approximate surface area is 158 Å². The first-order chi connectivity index (χ1) is 12.7. The zero-order valence-corrected chi connectivity index (χ0v) is 16.9. The first kappa shape index (κ1) is 22.5.